The lowest BCUT2D eigenvalue weighted by Gasteiger charge is -2.32. The summed E-state index contributed by atoms with van der Waals surface area (Å²) in [5, 5.41) is 10.5. The van der Waals surface area contributed by atoms with Crippen LogP contribution in [0.4, 0.5) is 0 Å². The highest BCUT2D eigenvalue weighted by atomic mass is 16.3. The fraction of sp³-hybridized carbons (Fsp3) is 0.600. The number of aliphatic hydroxyl groups is 1. The van der Waals surface area contributed by atoms with Crippen LogP contribution in [-0.4, -0.2) is 10.7 Å². The van der Waals surface area contributed by atoms with Gasteiger partial charge in [0.15, 0.2) is 0 Å². The summed E-state index contributed by atoms with van der Waals surface area (Å²) in [6, 6.07) is 6.60. The lowest BCUT2D eigenvalue weighted by molar-refractivity contribution is 0.00448. The summed E-state index contributed by atoms with van der Waals surface area (Å²) in [5.41, 5.74) is 3.46. The second kappa shape index (κ2) is 4.58. The smallest absolute Gasteiger partial charge is 0.0688 e. The molecule has 0 amide bonds. The average molecular weight is 218 g/mol. The molecule has 0 bridgehead atoms. The van der Waals surface area contributed by atoms with E-state index >= 15 is 0 Å². The predicted molar refractivity (Wildman–Crippen MR) is 67.7 cm³/mol. The van der Waals surface area contributed by atoms with Crippen LogP contribution in [0.1, 0.15) is 48.8 Å². The third kappa shape index (κ3) is 2.85. The third-order valence-electron chi connectivity index (χ3n) is 3.60. The van der Waals surface area contributed by atoms with Gasteiger partial charge in [-0.1, -0.05) is 48.6 Å². The summed E-state index contributed by atoms with van der Waals surface area (Å²) in [6.07, 6.45) is 6.42. The highest BCUT2D eigenvalue weighted by Gasteiger charge is 2.29. The van der Waals surface area contributed by atoms with Crippen molar-refractivity contribution in [2.45, 2.75) is 58.0 Å². The molecule has 0 saturated heterocycles. The van der Waals surface area contributed by atoms with Gasteiger partial charge in [-0.15, -0.1) is 0 Å². The normalized spacial score (nSPS) is 19.7. The van der Waals surface area contributed by atoms with Crippen molar-refractivity contribution in [3.05, 3.63) is 34.9 Å². The first kappa shape index (κ1) is 11.7. The van der Waals surface area contributed by atoms with E-state index in [2.05, 4.69) is 32.0 Å². The first-order valence-electron chi connectivity index (χ1n) is 6.37. The van der Waals surface area contributed by atoms with Crippen LogP contribution in [0.2, 0.25) is 0 Å². The average Bonchev–Trinajstić information content (AvgIpc) is 2.15. The maximum absolute atomic E-state index is 10.5. The molecule has 1 aromatic rings. The molecule has 1 N–H and O–H groups in total. The minimum absolute atomic E-state index is 0.432. The fourth-order valence-electron chi connectivity index (χ4n) is 2.94. The molecule has 1 aromatic carbocycles. The van der Waals surface area contributed by atoms with Crippen molar-refractivity contribution in [3.63, 3.8) is 0 Å². The summed E-state index contributed by atoms with van der Waals surface area (Å²) in [5.74, 6) is 0. The number of benzene rings is 1. The van der Waals surface area contributed by atoms with E-state index in [1.807, 2.05) is 0 Å². The minimum atomic E-state index is -0.432. The zero-order valence-corrected chi connectivity index (χ0v) is 10.4. The molecule has 16 heavy (non-hydrogen) atoms. The summed E-state index contributed by atoms with van der Waals surface area (Å²) in [6.45, 7) is 4.25. The van der Waals surface area contributed by atoms with Crippen molar-refractivity contribution in [3.8, 4) is 0 Å². The summed E-state index contributed by atoms with van der Waals surface area (Å²) in [7, 11) is 0. The van der Waals surface area contributed by atoms with Gasteiger partial charge < -0.3 is 5.11 Å². The molecular weight excluding hydrogens is 196 g/mol. The maximum atomic E-state index is 10.5. The van der Waals surface area contributed by atoms with Crippen LogP contribution >= 0.6 is 0 Å². The lowest BCUT2D eigenvalue weighted by Crippen LogP contribution is -2.33. The van der Waals surface area contributed by atoms with Crippen molar-refractivity contribution in [2.24, 2.45) is 0 Å². The summed E-state index contributed by atoms with van der Waals surface area (Å²) < 4.78 is 0. The van der Waals surface area contributed by atoms with Gasteiger partial charge in [-0.2, -0.15) is 0 Å². The Kier molecular flexibility index (Phi) is 3.34. The van der Waals surface area contributed by atoms with Crippen molar-refractivity contribution < 1.29 is 5.11 Å². The van der Waals surface area contributed by atoms with Gasteiger partial charge in [0.1, 0.15) is 0 Å². The number of hydrogen-bond donors (Lipinski definition) is 1. The lowest BCUT2D eigenvalue weighted by atomic mass is 9.80. The van der Waals surface area contributed by atoms with Crippen LogP contribution in [0, 0.1) is 13.8 Å². The molecule has 0 aliphatic heterocycles. The van der Waals surface area contributed by atoms with Crippen LogP contribution in [0.25, 0.3) is 0 Å². The first-order chi connectivity index (χ1) is 7.57. The highest BCUT2D eigenvalue weighted by Crippen LogP contribution is 2.31. The van der Waals surface area contributed by atoms with E-state index in [9.17, 15) is 5.11 Å². The predicted octanol–water partition coefficient (Wildman–Crippen LogP) is 3.54. The molecule has 1 aliphatic rings. The maximum Gasteiger partial charge on any atom is 0.0688 e. The molecule has 1 fully saturated rings. The molecule has 88 valence electrons. The molecule has 1 saturated carbocycles. The molecule has 0 heterocycles. The molecule has 1 heteroatoms. The molecule has 0 atom stereocenters. The van der Waals surface area contributed by atoms with E-state index in [0.29, 0.717) is 0 Å². The van der Waals surface area contributed by atoms with Gasteiger partial charge >= 0.3 is 0 Å². The Morgan fingerprint density at radius 3 is 2.12 bits per heavy atom. The van der Waals surface area contributed by atoms with E-state index in [0.717, 1.165) is 19.3 Å². The Labute approximate surface area is 98.5 Å². The highest BCUT2D eigenvalue weighted by molar-refractivity contribution is 5.29. The molecule has 2 rings (SSSR count). The van der Waals surface area contributed by atoms with E-state index in [4.69, 9.17) is 0 Å². The third-order valence-corrected chi connectivity index (χ3v) is 3.60. The summed E-state index contributed by atoms with van der Waals surface area (Å²) in [4.78, 5) is 0. The topological polar surface area (TPSA) is 20.2 Å². The fourth-order valence-corrected chi connectivity index (χ4v) is 2.94. The number of rotatable bonds is 2. The second-order valence-electron chi connectivity index (χ2n) is 5.46. The quantitative estimate of drug-likeness (QED) is 0.805. The van der Waals surface area contributed by atoms with E-state index < -0.39 is 5.60 Å². The zero-order chi connectivity index (χ0) is 11.6. The number of aryl methyl sites for hydroxylation is 2. The molecule has 0 spiro atoms. The van der Waals surface area contributed by atoms with Gasteiger partial charge in [0.2, 0.25) is 0 Å². The van der Waals surface area contributed by atoms with Gasteiger partial charge in [-0.25, -0.2) is 0 Å². The van der Waals surface area contributed by atoms with Crippen LogP contribution < -0.4 is 0 Å². The second-order valence-corrected chi connectivity index (χ2v) is 5.46. The first-order valence-corrected chi connectivity index (χ1v) is 6.37. The van der Waals surface area contributed by atoms with Crippen molar-refractivity contribution in [1.82, 2.24) is 0 Å². The van der Waals surface area contributed by atoms with Gasteiger partial charge in [-0.05, 0) is 32.3 Å². The zero-order valence-electron chi connectivity index (χ0n) is 10.4. The molecular formula is C15H22O. The van der Waals surface area contributed by atoms with Gasteiger partial charge in [0.25, 0.3) is 0 Å². The Balaban J connectivity index is 2.13. The van der Waals surface area contributed by atoms with Crippen LogP contribution in [0.3, 0.4) is 0 Å². The summed E-state index contributed by atoms with van der Waals surface area (Å²) >= 11 is 0. The Hall–Kier alpha value is -0.820. The van der Waals surface area contributed by atoms with Crippen molar-refractivity contribution >= 4 is 0 Å². The van der Waals surface area contributed by atoms with E-state index in [1.165, 1.54) is 36.0 Å². The van der Waals surface area contributed by atoms with Crippen LogP contribution in [0.5, 0.6) is 0 Å². The minimum Gasteiger partial charge on any atom is -0.390 e. The standard InChI is InChI=1S/C15H22O/c1-12-8-13(2)10-14(9-12)11-15(16)6-4-3-5-7-15/h8-10,16H,3-7,11H2,1-2H3. The molecule has 1 nitrogen and oxygen atoms in total. The Bertz CT molecular complexity index is 341. The van der Waals surface area contributed by atoms with Gasteiger partial charge in [0.05, 0.1) is 5.60 Å². The number of hydrogen-bond acceptors (Lipinski definition) is 1. The Morgan fingerprint density at radius 2 is 1.56 bits per heavy atom. The molecule has 1 aliphatic carbocycles. The molecule has 0 radical (unpaired) electrons. The van der Waals surface area contributed by atoms with Crippen LogP contribution in [0.15, 0.2) is 18.2 Å². The molecule has 0 aromatic heterocycles. The van der Waals surface area contributed by atoms with Gasteiger partial charge in [-0.3, -0.25) is 0 Å². The monoisotopic (exact) mass is 218 g/mol. The van der Waals surface area contributed by atoms with Gasteiger partial charge in [0, 0.05) is 6.42 Å². The van der Waals surface area contributed by atoms with Crippen molar-refractivity contribution in [2.75, 3.05) is 0 Å². The molecule has 0 unspecified atom stereocenters. The largest absolute Gasteiger partial charge is 0.390 e. The van der Waals surface area contributed by atoms with Crippen LogP contribution in [-0.2, 0) is 6.42 Å². The van der Waals surface area contributed by atoms with E-state index in [1.54, 1.807) is 0 Å². The van der Waals surface area contributed by atoms with Crippen molar-refractivity contribution in [1.29, 1.82) is 0 Å². The Morgan fingerprint density at radius 1 is 1.00 bits per heavy atom. The van der Waals surface area contributed by atoms with E-state index in [-0.39, 0.29) is 0 Å². The SMILES string of the molecule is Cc1cc(C)cc(CC2(O)CCCCC2)c1.